The molecule has 5 rings (SSSR count). The predicted molar refractivity (Wildman–Crippen MR) is 87.8 cm³/mol. The minimum atomic E-state index is -3.97. The van der Waals surface area contributed by atoms with Crippen molar-refractivity contribution in [1.82, 2.24) is 9.78 Å². The van der Waals surface area contributed by atoms with Crippen LogP contribution >= 0.6 is 0 Å². The predicted octanol–water partition coefficient (Wildman–Crippen LogP) is 2.25. The largest absolute Gasteiger partial charge is 0.374 e. The molecule has 25 heavy (non-hydrogen) atoms. The minimum absolute atomic E-state index is 0.330. The second kappa shape index (κ2) is 5.28. The first kappa shape index (κ1) is 15.3. The van der Waals surface area contributed by atoms with Gasteiger partial charge in [0, 0.05) is 18.7 Å². The van der Waals surface area contributed by atoms with Gasteiger partial charge in [0.05, 0.1) is 24.1 Å². The van der Waals surface area contributed by atoms with Crippen molar-refractivity contribution in [1.29, 1.82) is 0 Å². The normalized spacial score (nSPS) is 32.6. The van der Waals surface area contributed by atoms with Crippen LogP contribution in [0.15, 0.2) is 41.6 Å². The number of sulfonamides is 1. The van der Waals surface area contributed by atoms with Crippen LogP contribution in [0.4, 0.5) is 10.1 Å². The average molecular weight is 363 g/mol. The van der Waals surface area contributed by atoms with E-state index in [-0.39, 0.29) is 4.90 Å². The summed E-state index contributed by atoms with van der Waals surface area (Å²) in [6.45, 7) is 0.714. The molecule has 2 aromatic rings. The SMILES string of the molecule is O=S(=O)(Nc1cnn(C[C@@H]2C[C@@H]3O[C@H]2[C@H]2C[C@H]23)c1)c1ccccc1F. The molecule has 0 spiro atoms. The summed E-state index contributed by atoms with van der Waals surface area (Å²) < 4.78 is 48.5. The quantitative estimate of drug-likeness (QED) is 0.884. The molecule has 1 aromatic heterocycles. The third kappa shape index (κ3) is 2.55. The fourth-order valence-corrected chi connectivity index (χ4v) is 5.48. The lowest BCUT2D eigenvalue weighted by atomic mass is 9.89. The van der Waals surface area contributed by atoms with Crippen molar-refractivity contribution in [2.45, 2.75) is 36.5 Å². The van der Waals surface area contributed by atoms with E-state index < -0.39 is 15.8 Å². The summed E-state index contributed by atoms with van der Waals surface area (Å²) in [5, 5.41) is 4.24. The maximum Gasteiger partial charge on any atom is 0.264 e. The molecule has 2 saturated heterocycles. The Morgan fingerprint density at radius 3 is 2.88 bits per heavy atom. The second-order valence-electron chi connectivity index (χ2n) is 7.19. The highest BCUT2D eigenvalue weighted by atomic mass is 32.2. The van der Waals surface area contributed by atoms with Gasteiger partial charge in [0.2, 0.25) is 0 Å². The number of fused-ring (bicyclic) bond motifs is 5. The van der Waals surface area contributed by atoms with E-state index in [0.29, 0.717) is 30.4 Å². The van der Waals surface area contributed by atoms with Gasteiger partial charge in [0.1, 0.15) is 10.7 Å². The maximum atomic E-state index is 13.7. The van der Waals surface area contributed by atoms with Crippen molar-refractivity contribution in [3.8, 4) is 0 Å². The smallest absolute Gasteiger partial charge is 0.264 e. The van der Waals surface area contributed by atoms with Crippen LogP contribution in [-0.2, 0) is 21.3 Å². The third-order valence-corrected chi connectivity index (χ3v) is 6.97. The zero-order valence-electron chi connectivity index (χ0n) is 13.4. The van der Waals surface area contributed by atoms with E-state index in [9.17, 15) is 12.8 Å². The first-order chi connectivity index (χ1) is 12.0. The number of ether oxygens (including phenoxy) is 1. The number of anilines is 1. The van der Waals surface area contributed by atoms with Gasteiger partial charge in [-0.05, 0) is 36.8 Å². The summed E-state index contributed by atoms with van der Waals surface area (Å²) in [5.41, 5.74) is 0.330. The average Bonchev–Trinajstić information content (AvgIpc) is 2.92. The van der Waals surface area contributed by atoms with Gasteiger partial charge in [-0.25, -0.2) is 12.8 Å². The topological polar surface area (TPSA) is 73.2 Å². The lowest BCUT2D eigenvalue weighted by Crippen LogP contribution is -2.24. The summed E-state index contributed by atoms with van der Waals surface area (Å²) in [6, 6.07) is 5.30. The van der Waals surface area contributed by atoms with Crippen molar-refractivity contribution < 1.29 is 17.5 Å². The molecule has 1 saturated carbocycles. The van der Waals surface area contributed by atoms with Gasteiger partial charge >= 0.3 is 0 Å². The molecule has 3 heterocycles. The molecule has 2 bridgehead atoms. The van der Waals surface area contributed by atoms with Gasteiger partial charge < -0.3 is 4.74 Å². The van der Waals surface area contributed by atoms with Crippen LogP contribution < -0.4 is 4.72 Å². The first-order valence-electron chi connectivity index (χ1n) is 8.46. The van der Waals surface area contributed by atoms with Crippen LogP contribution in [0, 0.1) is 23.6 Å². The molecule has 1 N–H and O–H groups in total. The fraction of sp³-hybridized carbons (Fsp3) is 0.471. The van der Waals surface area contributed by atoms with Gasteiger partial charge in [-0.1, -0.05) is 12.1 Å². The maximum absolute atomic E-state index is 13.7. The molecule has 2 aliphatic heterocycles. The Bertz CT molecular complexity index is 929. The second-order valence-corrected chi connectivity index (χ2v) is 8.84. The Morgan fingerprint density at radius 2 is 2.12 bits per heavy atom. The van der Waals surface area contributed by atoms with Gasteiger partial charge in [0.15, 0.2) is 0 Å². The third-order valence-electron chi connectivity index (χ3n) is 5.56. The number of hydrogen-bond acceptors (Lipinski definition) is 4. The minimum Gasteiger partial charge on any atom is -0.374 e. The van der Waals surface area contributed by atoms with Crippen LogP contribution in [0.1, 0.15) is 12.8 Å². The summed E-state index contributed by atoms with van der Waals surface area (Å²) >= 11 is 0. The van der Waals surface area contributed by atoms with Crippen molar-refractivity contribution in [3.63, 3.8) is 0 Å². The standard InChI is InChI=1S/C17H18FN3O3S/c18-14-3-1-2-4-16(14)25(22,23)20-11-7-19-21(9-11)8-10-5-15-12-6-13(12)17(10)24-15/h1-4,7,9-10,12-13,15,17,20H,5-6,8H2/t10-,12+,13-,15-,17+/m0/s1. The van der Waals surface area contributed by atoms with Gasteiger partial charge in [0.25, 0.3) is 10.0 Å². The Balaban J connectivity index is 1.29. The molecule has 132 valence electrons. The Morgan fingerprint density at radius 1 is 1.28 bits per heavy atom. The van der Waals surface area contributed by atoms with Gasteiger partial charge in [-0.3, -0.25) is 9.40 Å². The molecule has 0 radical (unpaired) electrons. The first-order valence-corrected chi connectivity index (χ1v) is 9.95. The number of benzene rings is 1. The van der Waals surface area contributed by atoms with E-state index >= 15 is 0 Å². The molecule has 3 fully saturated rings. The molecule has 3 aliphatic rings. The van der Waals surface area contributed by atoms with E-state index in [4.69, 9.17) is 4.74 Å². The number of rotatable bonds is 5. The van der Waals surface area contributed by atoms with Crippen molar-refractivity contribution in [3.05, 3.63) is 42.5 Å². The highest BCUT2D eigenvalue weighted by Crippen LogP contribution is 2.60. The summed E-state index contributed by atoms with van der Waals surface area (Å²) in [7, 11) is -3.97. The van der Waals surface area contributed by atoms with Gasteiger partial charge in [-0.2, -0.15) is 5.10 Å². The van der Waals surface area contributed by atoms with E-state index in [1.165, 1.54) is 30.8 Å². The highest BCUT2D eigenvalue weighted by molar-refractivity contribution is 7.92. The lowest BCUT2D eigenvalue weighted by molar-refractivity contribution is 0.0583. The molecule has 6 nitrogen and oxygen atoms in total. The van der Waals surface area contributed by atoms with E-state index in [1.807, 2.05) is 0 Å². The molecule has 0 unspecified atom stereocenters. The fourth-order valence-electron chi connectivity index (χ4n) is 4.38. The molecule has 0 amide bonds. The Kier molecular flexibility index (Phi) is 3.24. The van der Waals surface area contributed by atoms with Crippen LogP contribution in [0.3, 0.4) is 0 Å². The molecule has 1 aliphatic carbocycles. The number of nitrogens with one attached hydrogen (secondary N) is 1. The zero-order valence-corrected chi connectivity index (χ0v) is 14.2. The van der Waals surface area contributed by atoms with E-state index in [0.717, 1.165) is 24.3 Å². The van der Waals surface area contributed by atoms with Crippen molar-refractivity contribution in [2.75, 3.05) is 4.72 Å². The molecular weight excluding hydrogens is 345 g/mol. The van der Waals surface area contributed by atoms with Crippen LogP contribution in [0.2, 0.25) is 0 Å². The van der Waals surface area contributed by atoms with Crippen molar-refractivity contribution in [2.24, 2.45) is 17.8 Å². The number of halogens is 1. The summed E-state index contributed by atoms with van der Waals surface area (Å²) in [4.78, 5) is -0.371. The molecule has 8 heteroatoms. The van der Waals surface area contributed by atoms with Crippen LogP contribution in [0.25, 0.3) is 0 Å². The molecule has 1 aromatic carbocycles. The number of aromatic nitrogens is 2. The monoisotopic (exact) mass is 363 g/mol. The Hall–Kier alpha value is -1.93. The molecule has 5 atom stereocenters. The number of nitrogens with zero attached hydrogens (tertiary/aromatic N) is 2. The van der Waals surface area contributed by atoms with Crippen LogP contribution in [-0.4, -0.2) is 30.4 Å². The van der Waals surface area contributed by atoms with E-state index in [1.54, 1.807) is 10.9 Å². The highest BCUT2D eigenvalue weighted by Gasteiger charge is 2.62. The van der Waals surface area contributed by atoms with Gasteiger partial charge in [-0.15, -0.1) is 0 Å². The van der Waals surface area contributed by atoms with Crippen molar-refractivity contribution >= 4 is 15.7 Å². The summed E-state index contributed by atoms with van der Waals surface area (Å²) in [6.07, 6.45) is 6.19. The van der Waals surface area contributed by atoms with Crippen LogP contribution in [0.5, 0.6) is 0 Å². The Labute approximate surface area is 145 Å². The summed E-state index contributed by atoms with van der Waals surface area (Å²) in [5.74, 6) is 1.16. The zero-order chi connectivity index (χ0) is 17.2. The number of hydrogen-bond donors (Lipinski definition) is 1. The van der Waals surface area contributed by atoms with E-state index in [2.05, 4.69) is 9.82 Å². The lowest BCUT2D eigenvalue weighted by Gasteiger charge is -2.18. The molecular formula is C17H18FN3O3S.